The van der Waals surface area contributed by atoms with E-state index in [-0.39, 0.29) is 38.0 Å². The minimum absolute atomic E-state index is 0.0147. The van der Waals surface area contributed by atoms with Crippen molar-refractivity contribution in [1.29, 1.82) is 0 Å². The maximum atomic E-state index is 13.3. The van der Waals surface area contributed by atoms with Gasteiger partial charge in [-0.2, -0.15) is 26.3 Å². The first-order valence-electron chi connectivity index (χ1n) is 14.9. The lowest BCUT2D eigenvalue weighted by molar-refractivity contribution is -0.143. The van der Waals surface area contributed by atoms with Gasteiger partial charge in [0.2, 0.25) is 5.91 Å². The van der Waals surface area contributed by atoms with E-state index in [2.05, 4.69) is 10.2 Å². The Balaban J connectivity index is 1.20. The molecule has 1 unspecified atom stereocenters. The van der Waals surface area contributed by atoms with Crippen molar-refractivity contribution in [2.24, 2.45) is 0 Å². The average molecular weight is 710 g/mol. The molecule has 1 fully saturated rings. The predicted octanol–water partition coefficient (Wildman–Crippen LogP) is 8.18. The molecule has 0 N–H and O–H groups in total. The molecule has 0 radical (unpaired) electrons. The van der Waals surface area contributed by atoms with Crippen molar-refractivity contribution < 1.29 is 35.9 Å². The molecule has 0 spiro atoms. The second-order valence-corrected chi connectivity index (χ2v) is 12.9. The molecule has 0 saturated carbocycles. The van der Waals surface area contributed by atoms with Gasteiger partial charge in [0.15, 0.2) is 11.0 Å². The number of carbonyl (C=O) groups is 2. The van der Waals surface area contributed by atoms with E-state index in [0.29, 0.717) is 40.3 Å². The van der Waals surface area contributed by atoms with Crippen molar-refractivity contribution in [3.05, 3.63) is 94.0 Å². The fraction of sp³-hybridized carbons (Fsp3) is 0.333. The number of benzene rings is 3. The zero-order valence-corrected chi connectivity index (χ0v) is 27.3. The molecule has 0 bridgehead atoms. The Kier molecular flexibility index (Phi) is 10.4. The predicted molar refractivity (Wildman–Crippen MR) is 170 cm³/mol. The highest BCUT2D eigenvalue weighted by molar-refractivity contribution is 7.99. The van der Waals surface area contributed by atoms with Crippen molar-refractivity contribution >= 4 is 35.2 Å². The third-order valence-corrected chi connectivity index (χ3v) is 9.10. The van der Waals surface area contributed by atoms with Crippen molar-refractivity contribution in [3.8, 4) is 17.1 Å². The summed E-state index contributed by atoms with van der Waals surface area (Å²) in [7, 11) is 0. The molecule has 1 atom stereocenters. The quantitative estimate of drug-likeness (QED) is 0.105. The number of aromatic nitrogens is 3. The third kappa shape index (κ3) is 8.15. The Bertz CT molecular complexity index is 1760. The molecule has 5 rings (SSSR count). The van der Waals surface area contributed by atoms with E-state index in [4.69, 9.17) is 11.6 Å². The SMILES string of the molecule is Cc1ccc(-c2nnc(SCCCC(=O)N3CCN(C(=O)c4cc(C(F)(F)F)cc(C(F)(F)F)c4)C(C)C3)n2-c2cccc(Cl)c2)cc1. The highest BCUT2D eigenvalue weighted by atomic mass is 35.5. The normalized spacial score (nSPS) is 15.6. The molecule has 2 heterocycles. The van der Waals surface area contributed by atoms with Gasteiger partial charge in [-0.25, -0.2) is 0 Å². The lowest BCUT2D eigenvalue weighted by Gasteiger charge is -2.40. The number of carbonyl (C=O) groups excluding carboxylic acids is 2. The summed E-state index contributed by atoms with van der Waals surface area (Å²) in [5.41, 5.74) is -1.07. The fourth-order valence-corrected chi connectivity index (χ4v) is 6.45. The Hall–Kier alpha value is -4.04. The Labute approximate surface area is 281 Å². The van der Waals surface area contributed by atoms with Crippen molar-refractivity contribution in [2.45, 2.75) is 50.2 Å². The molecule has 3 aromatic carbocycles. The highest BCUT2D eigenvalue weighted by Crippen LogP contribution is 2.37. The number of hydrogen-bond acceptors (Lipinski definition) is 5. The van der Waals surface area contributed by atoms with Gasteiger partial charge >= 0.3 is 12.4 Å². The average Bonchev–Trinajstić information content (AvgIpc) is 3.45. The smallest absolute Gasteiger partial charge is 0.339 e. The standard InChI is InChI=1S/C33H30ClF6N5O2S/c1-20-8-10-22(11-9-20)29-41-42-31(45(29)27-6-3-5-26(34)18-27)48-14-4-7-28(46)43-12-13-44(21(2)19-43)30(47)23-15-24(32(35,36)37)17-25(16-23)33(38,39)40/h3,5-6,8-11,15-18,21H,4,7,12-14,19H2,1-2H3. The maximum absolute atomic E-state index is 13.3. The van der Waals surface area contributed by atoms with Gasteiger partial charge in [0.1, 0.15) is 0 Å². The highest BCUT2D eigenvalue weighted by Gasteiger charge is 2.39. The zero-order valence-electron chi connectivity index (χ0n) is 25.8. The van der Waals surface area contributed by atoms with Gasteiger partial charge in [0.25, 0.3) is 5.91 Å². The van der Waals surface area contributed by atoms with Crippen LogP contribution in [0.3, 0.4) is 0 Å². The summed E-state index contributed by atoms with van der Waals surface area (Å²) in [6.45, 7) is 3.73. The van der Waals surface area contributed by atoms with E-state index in [1.165, 1.54) is 16.7 Å². The molecule has 1 aliphatic rings. The Morgan fingerprint density at radius 2 is 1.58 bits per heavy atom. The van der Waals surface area contributed by atoms with Crippen LogP contribution in [-0.4, -0.2) is 67.8 Å². The molecular weight excluding hydrogens is 680 g/mol. The largest absolute Gasteiger partial charge is 0.416 e. The molecule has 2 amide bonds. The van der Waals surface area contributed by atoms with Crippen LogP contribution in [0.15, 0.2) is 71.9 Å². The summed E-state index contributed by atoms with van der Waals surface area (Å²) in [5, 5.41) is 9.99. The van der Waals surface area contributed by atoms with Crippen LogP contribution in [0.4, 0.5) is 26.3 Å². The van der Waals surface area contributed by atoms with Gasteiger partial charge in [-0.3, -0.25) is 14.2 Å². The summed E-state index contributed by atoms with van der Waals surface area (Å²) in [5.74, 6) is 0.0294. The number of amides is 2. The summed E-state index contributed by atoms with van der Waals surface area (Å²) in [6.07, 6.45) is -9.46. The number of piperazine rings is 1. The summed E-state index contributed by atoms with van der Waals surface area (Å²) in [4.78, 5) is 28.9. The van der Waals surface area contributed by atoms with E-state index in [1.807, 2.05) is 54.0 Å². The van der Waals surface area contributed by atoms with Crippen LogP contribution < -0.4 is 0 Å². The van der Waals surface area contributed by atoms with Gasteiger partial charge in [0.05, 0.1) is 16.8 Å². The van der Waals surface area contributed by atoms with E-state index in [9.17, 15) is 35.9 Å². The number of rotatable bonds is 8. The Morgan fingerprint density at radius 1 is 0.917 bits per heavy atom. The van der Waals surface area contributed by atoms with Crippen molar-refractivity contribution in [2.75, 3.05) is 25.4 Å². The van der Waals surface area contributed by atoms with Crippen LogP contribution in [0, 0.1) is 6.92 Å². The van der Waals surface area contributed by atoms with Gasteiger partial charge < -0.3 is 9.80 Å². The first-order chi connectivity index (χ1) is 22.6. The number of nitrogens with zero attached hydrogens (tertiary/aromatic N) is 5. The molecule has 1 aliphatic heterocycles. The monoisotopic (exact) mass is 709 g/mol. The molecule has 1 aromatic heterocycles. The van der Waals surface area contributed by atoms with Crippen LogP contribution in [0.5, 0.6) is 0 Å². The van der Waals surface area contributed by atoms with E-state index in [0.717, 1.165) is 16.8 Å². The second kappa shape index (κ2) is 14.2. The first-order valence-corrected chi connectivity index (χ1v) is 16.3. The maximum Gasteiger partial charge on any atom is 0.416 e. The number of halogens is 7. The van der Waals surface area contributed by atoms with Crippen LogP contribution in [-0.2, 0) is 17.1 Å². The fourth-order valence-electron chi connectivity index (χ4n) is 5.38. The summed E-state index contributed by atoms with van der Waals surface area (Å²) < 4.78 is 81.9. The van der Waals surface area contributed by atoms with E-state index >= 15 is 0 Å². The van der Waals surface area contributed by atoms with E-state index < -0.39 is 41.0 Å². The number of hydrogen-bond donors (Lipinski definition) is 0. The molecule has 4 aromatic rings. The third-order valence-electron chi connectivity index (χ3n) is 7.85. The number of alkyl halides is 6. The van der Waals surface area contributed by atoms with Gasteiger partial charge in [-0.1, -0.05) is 59.3 Å². The van der Waals surface area contributed by atoms with Crippen LogP contribution in [0.25, 0.3) is 17.1 Å². The summed E-state index contributed by atoms with van der Waals surface area (Å²) >= 11 is 7.70. The second-order valence-electron chi connectivity index (χ2n) is 11.4. The lowest BCUT2D eigenvalue weighted by atomic mass is 10.0. The molecule has 7 nitrogen and oxygen atoms in total. The van der Waals surface area contributed by atoms with Crippen LogP contribution >= 0.6 is 23.4 Å². The summed E-state index contributed by atoms with van der Waals surface area (Å²) in [6, 6.07) is 15.4. The zero-order chi connectivity index (χ0) is 34.8. The molecule has 48 heavy (non-hydrogen) atoms. The minimum Gasteiger partial charge on any atom is -0.339 e. The van der Waals surface area contributed by atoms with Crippen LogP contribution in [0.1, 0.15) is 46.8 Å². The van der Waals surface area contributed by atoms with Crippen molar-refractivity contribution in [3.63, 3.8) is 0 Å². The van der Waals surface area contributed by atoms with Gasteiger partial charge in [0, 0.05) is 54.0 Å². The lowest BCUT2D eigenvalue weighted by Crippen LogP contribution is -2.55. The molecule has 254 valence electrons. The molecular formula is C33H30ClF6N5O2S. The Morgan fingerprint density at radius 3 is 2.19 bits per heavy atom. The topological polar surface area (TPSA) is 71.3 Å². The first kappa shape index (κ1) is 35.3. The van der Waals surface area contributed by atoms with Gasteiger partial charge in [-0.15, -0.1) is 10.2 Å². The molecule has 15 heteroatoms. The minimum atomic E-state index is -5.07. The van der Waals surface area contributed by atoms with Gasteiger partial charge in [-0.05, 0) is 56.7 Å². The molecule has 0 aliphatic carbocycles. The van der Waals surface area contributed by atoms with Crippen molar-refractivity contribution in [1.82, 2.24) is 24.6 Å². The molecule has 1 saturated heterocycles. The number of thioether (sulfide) groups is 1. The number of aryl methyl sites for hydroxylation is 1. The van der Waals surface area contributed by atoms with Crippen LogP contribution in [0.2, 0.25) is 5.02 Å². The van der Waals surface area contributed by atoms with E-state index in [1.54, 1.807) is 17.9 Å².